The van der Waals surface area contributed by atoms with E-state index in [2.05, 4.69) is 14.8 Å². The summed E-state index contributed by atoms with van der Waals surface area (Å²) in [6, 6.07) is 6.27. The molecular formula is C20H24ClN5O3S. The number of benzene rings is 1. The average Bonchev–Trinajstić information content (AvgIpc) is 3.07. The Bertz CT molecular complexity index is 1210. The first-order chi connectivity index (χ1) is 14.1. The van der Waals surface area contributed by atoms with E-state index >= 15 is 0 Å². The van der Waals surface area contributed by atoms with Crippen molar-refractivity contribution >= 4 is 33.0 Å². The number of sulfonamides is 1. The molecule has 0 bridgehead atoms. The molecule has 2 aromatic heterocycles. The summed E-state index contributed by atoms with van der Waals surface area (Å²) >= 11 is 6.05. The first-order valence-corrected chi connectivity index (χ1v) is 11.6. The van der Waals surface area contributed by atoms with Gasteiger partial charge in [-0.3, -0.25) is 0 Å². The molecule has 1 aliphatic rings. The van der Waals surface area contributed by atoms with Gasteiger partial charge in [-0.2, -0.15) is 5.10 Å². The third kappa shape index (κ3) is 4.02. The summed E-state index contributed by atoms with van der Waals surface area (Å²) in [5, 5.41) is 14.6. The van der Waals surface area contributed by atoms with Crippen molar-refractivity contribution in [2.75, 3.05) is 5.73 Å². The first kappa shape index (κ1) is 21.0. The third-order valence-electron chi connectivity index (χ3n) is 5.65. The van der Waals surface area contributed by atoms with Crippen LogP contribution in [-0.4, -0.2) is 39.8 Å². The molecule has 3 aromatic rings. The number of hydrogen-bond acceptors (Lipinski definition) is 6. The van der Waals surface area contributed by atoms with E-state index in [1.807, 2.05) is 6.92 Å². The Hall–Kier alpha value is -2.20. The second-order valence-corrected chi connectivity index (χ2v) is 10.3. The quantitative estimate of drug-likeness (QED) is 0.562. The van der Waals surface area contributed by atoms with Crippen LogP contribution in [0.15, 0.2) is 35.4 Å². The van der Waals surface area contributed by atoms with Crippen molar-refractivity contribution in [3.05, 3.63) is 41.2 Å². The Balaban J connectivity index is 1.69. The van der Waals surface area contributed by atoms with Crippen LogP contribution >= 0.6 is 11.6 Å². The topological polar surface area (TPSA) is 123 Å². The highest BCUT2D eigenvalue weighted by Gasteiger charge is 2.31. The maximum absolute atomic E-state index is 13.0. The van der Waals surface area contributed by atoms with Gasteiger partial charge < -0.3 is 10.8 Å². The normalized spacial score (nSPS) is 22.5. The molecule has 4 N–H and O–H groups in total. The number of nitrogens with one attached hydrogen (secondary N) is 1. The van der Waals surface area contributed by atoms with Gasteiger partial charge in [-0.15, -0.1) is 0 Å². The highest BCUT2D eigenvalue weighted by Crippen LogP contribution is 2.31. The van der Waals surface area contributed by atoms with E-state index in [-0.39, 0.29) is 16.1 Å². The smallest absolute Gasteiger partial charge is 0.240 e. The van der Waals surface area contributed by atoms with Gasteiger partial charge >= 0.3 is 0 Å². The minimum absolute atomic E-state index is 0.158. The molecule has 1 saturated carbocycles. The number of nitrogen functional groups attached to an aromatic ring is 1. The Morgan fingerprint density at radius 1 is 1.30 bits per heavy atom. The third-order valence-corrected chi connectivity index (χ3v) is 7.35. The van der Waals surface area contributed by atoms with Crippen molar-refractivity contribution in [1.29, 1.82) is 0 Å². The van der Waals surface area contributed by atoms with Crippen LogP contribution in [0.2, 0.25) is 5.15 Å². The van der Waals surface area contributed by atoms with E-state index in [1.165, 1.54) is 10.6 Å². The second kappa shape index (κ2) is 7.49. The molecule has 0 radical (unpaired) electrons. The summed E-state index contributed by atoms with van der Waals surface area (Å²) in [4.78, 5) is 4.46. The molecule has 0 atom stereocenters. The molecule has 8 nitrogen and oxygen atoms in total. The Morgan fingerprint density at radius 3 is 2.70 bits per heavy atom. The highest BCUT2D eigenvalue weighted by atomic mass is 35.5. The number of anilines is 1. The lowest BCUT2D eigenvalue weighted by atomic mass is 9.84. The highest BCUT2D eigenvalue weighted by molar-refractivity contribution is 7.89. The number of imidazole rings is 1. The number of aliphatic hydroxyl groups is 1. The average molecular weight is 450 g/mol. The van der Waals surface area contributed by atoms with Crippen molar-refractivity contribution in [1.82, 2.24) is 19.3 Å². The molecule has 10 heteroatoms. The summed E-state index contributed by atoms with van der Waals surface area (Å²) in [5.74, 6) is 0. The molecule has 0 saturated heterocycles. The number of rotatable bonds is 4. The van der Waals surface area contributed by atoms with Crippen LogP contribution in [-0.2, 0) is 10.0 Å². The van der Waals surface area contributed by atoms with E-state index in [0.29, 0.717) is 48.3 Å². The van der Waals surface area contributed by atoms with Crippen molar-refractivity contribution in [3.63, 3.8) is 0 Å². The largest absolute Gasteiger partial charge is 0.396 e. The summed E-state index contributed by atoms with van der Waals surface area (Å²) in [7, 11) is -3.73. The molecule has 0 aliphatic heterocycles. The minimum atomic E-state index is -3.73. The molecule has 0 spiro atoms. The molecule has 160 valence electrons. The number of fused-ring (bicyclic) bond motifs is 1. The van der Waals surface area contributed by atoms with Crippen LogP contribution in [0.4, 0.5) is 5.69 Å². The lowest BCUT2D eigenvalue weighted by Crippen LogP contribution is -2.42. The Labute approximate surface area is 180 Å². The Kier molecular flexibility index (Phi) is 5.26. The zero-order chi connectivity index (χ0) is 21.7. The van der Waals surface area contributed by atoms with Crippen molar-refractivity contribution in [2.45, 2.75) is 56.1 Å². The number of aryl methyl sites for hydroxylation is 1. The van der Waals surface area contributed by atoms with Crippen LogP contribution < -0.4 is 10.5 Å². The summed E-state index contributed by atoms with van der Waals surface area (Å²) in [6.07, 6.45) is 3.92. The van der Waals surface area contributed by atoms with Gasteiger partial charge in [0.15, 0.2) is 10.8 Å². The van der Waals surface area contributed by atoms with E-state index in [9.17, 15) is 13.5 Å². The molecular weight excluding hydrogens is 426 g/mol. The van der Waals surface area contributed by atoms with E-state index in [4.69, 9.17) is 17.3 Å². The van der Waals surface area contributed by atoms with Crippen LogP contribution in [0.1, 0.15) is 38.2 Å². The molecule has 1 fully saturated rings. The first-order valence-electron chi connectivity index (χ1n) is 9.71. The maximum atomic E-state index is 13.0. The fourth-order valence-electron chi connectivity index (χ4n) is 3.83. The van der Waals surface area contributed by atoms with Gasteiger partial charge in [-0.05, 0) is 57.2 Å². The van der Waals surface area contributed by atoms with E-state index < -0.39 is 15.6 Å². The maximum Gasteiger partial charge on any atom is 0.240 e. The van der Waals surface area contributed by atoms with Gasteiger partial charge in [-0.25, -0.2) is 22.6 Å². The minimum Gasteiger partial charge on any atom is -0.396 e. The summed E-state index contributed by atoms with van der Waals surface area (Å²) in [5.41, 5.74) is 8.23. The fourth-order valence-corrected chi connectivity index (χ4v) is 5.36. The number of halogens is 1. The van der Waals surface area contributed by atoms with Crippen LogP contribution in [0.3, 0.4) is 0 Å². The number of nitrogens with zero attached hydrogens (tertiary/aromatic N) is 3. The zero-order valence-electron chi connectivity index (χ0n) is 16.8. The summed E-state index contributed by atoms with van der Waals surface area (Å²) < 4.78 is 30.3. The second-order valence-electron chi connectivity index (χ2n) is 8.17. The van der Waals surface area contributed by atoms with Crippen molar-refractivity contribution < 1.29 is 13.5 Å². The molecule has 0 unspecified atom stereocenters. The molecule has 1 aliphatic carbocycles. The molecule has 4 rings (SSSR count). The van der Waals surface area contributed by atoms with Gasteiger partial charge in [0.05, 0.1) is 28.1 Å². The Morgan fingerprint density at radius 2 is 2.00 bits per heavy atom. The van der Waals surface area contributed by atoms with Crippen LogP contribution in [0.25, 0.3) is 16.9 Å². The van der Waals surface area contributed by atoms with Gasteiger partial charge in [0.25, 0.3) is 0 Å². The molecule has 30 heavy (non-hydrogen) atoms. The number of hydrogen-bond donors (Lipinski definition) is 3. The van der Waals surface area contributed by atoms with Crippen LogP contribution in [0.5, 0.6) is 0 Å². The molecule has 0 amide bonds. The van der Waals surface area contributed by atoms with Crippen LogP contribution in [0, 0.1) is 6.92 Å². The van der Waals surface area contributed by atoms with E-state index in [1.54, 1.807) is 31.3 Å². The predicted octanol–water partition coefficient (Wildman–Crippen LogP) is 2.91. The summed E-state index contributed by atoms with van der Waals surface area (Å²) in [6.45, 7) is 3.67. The predicted molar refractivity (Wildman–Crippen MR) is 116 cm³/mol. The molecule has 2 heterocycles. The lowest BCUT2D eigenvalue weighted by molar-refractivity contribution is 0.0163. The van der Waals surface area contributed by atoms with Gasteiger partial charge in [0.2, 0.25) is 10.0 Å². The monoisotopic (exact) mass is 449 g/mol. The van der Waals surface area contributed by atoms with Gasteiger partial charge in [-0.1, -0.05) is 17.7 Å². The zero-order valence-corrected chi connectivity index (χ0v) is 18.3. The lowest BCUT2D eigenvalue weighted by Gasteiger charge is -2.33. The SMILES string of the molecule is Cc1ccc(S(=O)(=O)N[C@H]2CC[C@](C)(O)CC2)cc1-c1cnc2c(N)cc(Cl)nn12. The van der Waals surface area contributed by atoms with Gasteiger partial charge in [0.1, 0.15) is 0 Å². The van der Waals surface area contributed by atoms with E-state index in [0.717, 1.165) is 5.56 Å². The van der Waals surface area contributed by atoms with Crippen molar-refractivity contribution in [2.24, 2.45) is 0 Å². The number of nitrogens with two attached hydrogens (primary N) is 1. The molecule has 1 aromatic carbocycles. The standard InChI is InChI=1S/C20H24ClN5O3S/c1-12-3-4-14(30(28,29)25-13-5-7-20(2,27)8-6-13)9-15(12)17-11-23-19-16(22)10-18(21)24-26(17)19/h3-4,9-11,13,25,27H,5-8,22H2,1-2H3/t13-,20-. The number of aromatic nitrogens is 3. The fraction of sp³-hybridized carbons (Fsp3) is 0.400. The van der Waals surface area contributed by atoms with Gasteiger partial charge in [0, 0.05) is 17.7 Å². The van der Waals surface area contributed by atoms with Crippen molar-refractivity contribution in [3.8, 4) is 11.3 Å².